The fraction of sp³-hybridized carbons (Fsp3) is 0.429. The highest BCUT2D eigenvalue weighted by atomic mass is 35.5. The molecule has 4 rings (SSSR count). The summed E-state index contributed by atoms with van der Waals surface area (Å²) in [6.45, 7) is 0. The third-order valence-corrected chi connectivity index (χ3v) is 5.54. The molecule has 0 N–H and O–H groups in total. The molecular formula is C14H10Cl3NO3. The average molecular weight is 347 g/mol. The molecule has 3 saturated heterocycles. The monoisotopic (exact) mass is 345 g/mol. The Balaban J connectivity index is 1.79. The quantitative estimate of drug-likeness (QED) is 0.579. The molecule has 2 amide bonds. The van der Waals surface area contributed by atoms with Crippen molar-refractivity contribution in [3.05, 3.63) is 27.2 Å². The van der Waals surface area contributed by atoms with Gasteiger partial charge in [-0.2, -0.15) is 0 Å². The van der Waals surface area contributed by atoms with Crippen LogP contribution in [0.4, 0.5) is 5.69 Å². The summed E-state index contributed by atoms with van der Waals surface area (Å²) in [5.41, 5.74) is 0.301. The zero-order valence-corrected chi connectivity index (χ0v) is 13.0. The van der Waals surface area contributed by atoms with Gasteiger partial charge in [-0.25, -0.2) is 4.90 Å². The summed E-state index contributed by atoms with van der Waals surface area (Å²) in [5.74, 6) is -1.28. The van der Waals surface area contributed by atoms with Crippen molar-refractivity contribution < 1.29 is 14.3 Å². The third-order valence-electron chi connectivity index (χ3n) is 4.51. The van der Waals surface area contributed by atoms with Gasteiger partial charge < -0.3 is 4.74 Å². The second-order valence-electron chi connectivity index (χ2n) is 5.57. The van der Waals surface area contributed by atoms with Gasteiger partial charge >= 0.3 is 0 Å². The molecule has 0 radical (unpaired) electrons. The fourth-order valence-corrected chi connectivity index (χ4v) is 4.26. The zero-order chi connectivity index (χ0) is 14.9. The Bertz CT molecular complexity index is 650. The van der Waals surface area contributed by atoms with E-state index in [2.05, 4.69) is 0 Å². The summed E-state index contributed by atoms with van der Waals surface area (Å²) in [6, 6.07) is 2.91. The number of carbonyl (C=O) groups excluding carboxylic acids is 2. The Hall–Kier alpha value is -0.810. The van der Waals surface area contributed by atoms with E-state index in [1.807, 2.05) is 0 Å². The molecule has 3 aliphatic heterocycles. The van der Waals surface area contributed by atoms with E-state index in [4.69, 9.17) is 39.5 Å². The number of hydrogen-bond acceptors (Lipinski definition) is 3. The lowest BCUT2D eigenvalue weighted by Crippen LogP contribution is -2.34. The van der Waals surface area contributed by atoms with Crippen LogP contribution in [0.2, 0.25) is 15.1 Å². The van der Waals surface area contributed by atoms with Crippen molar-refractivity contribution in [3.63, 3.8) is 0 Å². The number of ether oxygens (including phenoxy) is 1. The largest absolute Gasteiger partial charge is 0.373 e. The van der Waals surface area contributed by atoms with Crippen LogP contribution in [0.15, 0.2) is 12.1 Å². The lowest BCUT2D eigenvalue weighted by atomic mass is 9.81. The van der Waals surface area contributed by atoms with Crippen molar-refractivity contribution in [2.45, 2.75) is 25.0 Å². The van der Waals surface area contributed by atoms with Crippen molar-refractivity contribution in [3.8, 4) is 0 Å². The van der Waals surface area contributed by atoms with Gasteiger partial charge in [0.1, 0.15) is 0 Å². The Morgan fingerprint density at radius 2 is 1.43 bits per heavy atom. The summed E-state index contributed by atoms with van der Waals surface area (Å²) < 4.78 is 5.69. The smallest absolute Gasteiger partial charge is 0.240 e. The van der Waals surface area contributed by atoms with Crippen LogP contribution in [-0.4, -0.2) is 24.0 Å². The second kappa shape index (κ2) is 4.59. The number of halogens is 3. The molecule has 21 heavy (non-hydrogen) atoms. The Morgan fingerprint density at radius 1 is 0.905 bits per heavy atom. The van der Waals surface area contributed by atoms with E-state index >= 15 is 0 Å². The van der Waals surface area contributed by atoms with Crippen LogP contribution >= 0.6 is 34.8 Å². The molecule has 0 spiro atoms. The summed E-state index contributed by atoms with van der Waals surface area (Å²) in [5, 5.41) is 0.778. The molecule has 1 aromatic rings. The van der Waals surface area contributed by atoms with Crippen LogP contribution in [0, 0.1) is 11.8 Å². The summed E-state index contributed by atoms with van der Waals surface area (Å²) >= 11 is 18.0. The van der Waals surface area contributed by atoms with Crippen molar-refractivity contribution in [2.75, 3.05) is 4.90 Å². The number of fused-ring (bicyclic) bond motifs is 5. The number of anilines is 1. The predicted molar refractivity (Wildman–Crippen MR) is 78.8 cm³/mol. The van der Waals surface area contributed by atoms with Crippen LogP contribution in [0.25, 0.3) is 0 Å². The van der Waals surface area contributed by atoms with Gasteiger partial charge in [-0.05, 0) is 25.0 Å². The van der Waals surface area contributed by atoms with Gasteiger partial charge in [-0.1, -0.05) is 34.8 Å². The molecule has 110 valence electrons. The molecule has 0 unspecified atom stereocenters. The lowest BCUT2D eigenvalue weighted by molar-refractivity contribution is -0.124. The number of amides is 2. The molecule has 4 atom stereocenters. The molecule has 4 nitrogen and oxygen atoms in total. The minimum atomic E-state index is -0.387. The first kappa shape index (κ1) is 13.8. The maximum atomic E-state index is 12.6. The molecule has 3 heterocycles. The molecule has 0 aliphatic carbocycles. The fourth-order valence-electron chi connectivity index (χ4n) is 3.63. The predicted octanol–water partition coefficient (Wildman–Crippen LogP) is 3.31. The number of nitrogens with zero attached hydrogens (tertiary/aromatic N) is 1. The lowest BCUT2D eigenvalue weighted by Gasteiger charge is -2.19. The molecule has 3 fully saturated rings. The number of rotatable bonds is 1. The summed E-state index contributed by atoms with van der Waals surface area (Å²) in [6.07, 6.45) is 1.35. The van der Waals surface area contributed by atoms with Crippen molar-refractivity contribution in [2.24, 2.45) is 11.8 Å². The maximum Gasteiger partial charge on any atom is 0.240 e. The molecular weight excluding hydrogens is 337 g/mol. The van der Waals surface area contributed by atoms with Crippen molar-refractivity contribution >= 4 is 52.3 Å². The maximum absolute atomic E-state index is 12.6. The topological polar surface area (TPSA) is 46.6 Å². The van der Waals surface area contributed by atoms with E-state index < -0.39 is 0 Å². The summed E-state index contributed by atoms with van der Waals surface area (Å²) in [4.78, 5) is 26.4. The molecule has 2 bridgehead atoms. The van der Waals surface area contributed by atoms with E-state index in [0.717, 1.165) is 17.7 Å². The van der Waals surface area contributed by atoms with Gasteiger partial charge in [0.15, 0.2) is 0 Å². The number of carbonyl (C=O) groups is 2. The van der Waals surface area contributed by atoms with Gasteiger partial charge in [-0.15, -0.1) is 0 Å². The van der Waals surface area contributed by atoms with Crippen LogP contribution in [-0.2, 0) is 14.3 Å². The van der Waals surface area contributed by atoms with Gasteiger partial charge in [0.25, 0.3) is 0 Å². The van der Waals surface area contributed by atoms with E-state index in [-0.39, 0.29) is 50.9 Å². The van der Waals surface area contributed by atoms with E-state index in [9.17, 15) is 9.59 Å². The van der Waals surface area contributed by atoms with E-state index in [1.165, 1.54) is 12.1 Å². The van der Waals surface area contributed by atoms with E-state index in [0.29, 0.717) is 5.69 Å². The van der Waals surface area contributed by atoms with E-state index in [1.54, 1.807) is 0 Å². The Labute approximate surface area is 135 Å². The summed E-state index contributed by atoms with van der Waals surface area (Å²) in [7, 11) is 0. The molecule has 0 saturated carbocycles. The standard InChI is InChI=1S/C14H10Cl3NO3/c15-5-3-7(17)8(4-6(5)16)18-13(19)11-9-1-2-10(21-9)12(11)14(18)20/h3-4,9-12H,1-2H2/t9-,10+,11-,12+. The van der Waals surface area contributed by atoms with Gasteiger partial charge in [-0.3, -0.25) is 9.59 Å². The minimum Gasteiger partial charge on any atom is -0.373 e. The van der Waals surface area contributed by atoms with Gasteiger partial charge in [0.2, 0.25) is 11.8 Å². The molecule has 7 heteroatoms. The molecule has 1 aromatic carbocycles. The number of imide groups is 1. The highest BCUT2D eigenvalue weighted by molar-refractivity contribution is 6.44. The highest BCUT2D eigenvalue weighted by Crippen LogP contribution is 2.50. The first-order valence-electron chi connectivity index (χ1n) is 6.67. The van der Waals surface area contributed by atoms with Gasteiger partial charge in [0.05, 0.1) is 44.8 Å². The molecule has 3 aliphatic rings. The third kappa shape index (κ3) is 1.80. The zero-order valence-electron chi connectivity index (χ0n) is 10.7. The number of hydrogen-bond donors (Lipinski definition) is 0. The van der Waals surface area contributed by atoms with Crippen molar-refractivity contribution in [1.29, 1.82) is 0 Å². The number of benzene rings is 1. The van der Waals surface area contributed by atoms with Gasteiger partial charge in [0, 0.05) is 0 Å². The van der Waals surface area contributed by atoms with Crippen LogP contribution in [0.1, 0.15) is 12.8 Å². The first-order chi connectivity index (χ1) is 9.99. The van der Waals surface area contributed by atoms with Crippen molar-refractivity contribution in [1.82, 2.24) is 0 Å². The first-order valence-corrected chi connectivity index (χ1v) is 7.80. The highest BCUT2D eigenvalue weighted by Gasteiger charge is 2.62. The van der Waals surface area contributed by atoms with Crippen LogP contribution in [0.3, 0.4) is 0 Å². The average Bonchev–Trinajstić information content (AvgIpc) is 3.09. The SMILES string of the molecule is O=C1[C@@H]2[C@H](C(=O)N1c1cc(Cl)c(Cl)cc1Cl)[C@H]1CC[C@@H]2O1. The van der Waals surface area contributed by atoms with Crippen LogP contribution < -0.4 is 4.90 Å². The molecule has 0 aromatic heterocycles. The Morgan fingerprint density at radius 3 is 2.00 bits per heavy atom. The van der Waals surface area contributed by atoms with Crippen LogP contribution in [0.5, 0.6) is 0 Å². The normalized spacial score (nSPS) is 34.0. The minimum absolute atomic E-state index is 0.150. The second-order valence-corrected chi connectivity index (χ2v) is 6.79. The Kier molecular flexibility index (Phi) is 3.02.